The van der Waals surface area contributed by atoms with Gasteiger partial charge in [-0.15, -0.1) is 0 Å². The summed E-state index contributed by atoms with van der Waals surface area (Å²) in [7, 11) is 0. The second-order valence-electron chi connectivity index (χ2n) is 8.67. The van der Waals surface area contributed by atoms with E-state index in [1.807, 2.05) is 25.1 Å². The highest BCUT2D eigenvalue weighted by Gasteiger charge is 2.43. The summed E-state index contributed by atoms with van der Waals surface area (Å²) < 4.78 is 0. The molecule has 1 aliphatic heterocycles. The van der Waals surface area contributed by atoms with Gasteiger partial charge in [0.1, 0.15) is 0 Å². The van der Waals surface area contributed by atoms with Crippen LogP contribution in [0.5, 0.6) is 0 Å². The van der Waals surface area contributed by atoms with Gasteiger partial charge in [-0.05, 0) is 42.0 Å². The number of halogens is 1. The lowest BCUT2D eigenvalue weighted by molar-refractivity contribution is -0.118. The molecule has 1 atom stereocenters. The Balaban J connectivity index is 2.04. The second-order valence-corrected chi connectivity index (χ2v) is 9.07. The van der Waals surface area contributed by atoms with Gasteiger partial charge in [0.15, 0.2) is 5.78 Å². The molecule has 2 aromatic rings. The number of aryl methyl sites for hydroxylation is 1. The van der Waals surface area contributed by atoms with Crippen molar-refractivity contribution in [3.8, 4) is 0 Å². The Kier molecular flexibility index (Phi) is 4.74. The Labute approximate surface area is 175 Å². The molecule has 0 saturated carbocycles. The molecule has 4 rings (SSSR count). The number of hydrogen-bond donors (Lipinski definition) is 1. The first-order valence-corrected chi connectivity index (χ1v) is 10.1. The summed E-state index contributed by atoms with van der Waals surface area (Å²) in [5.74, 6) is -0.121. The van der Waals surface area contributed by atoms with E-state index in [1.54, 1.807) is 23.4 Å². The number of fused-ring (bicyclic) bond motifs is 1. The summed E-state index contributed by atoms with van der Waals surface area (Å²) in [5.41, 5.74) is 4.46. The molecule has 150 valence electrons. The van der Waals surface area contributed by atoms with Gasteiger partial charge < -0.3 is 5.32 Å². The summed E-state index contributed by atoms with van der Waals surface area (Å²) in [4.78, 5) is 32.2. The molecule has 1 aromatic heterocycles. The summed E-state index contributed by atoms with van der Waals surface area (Å²) in [6.07, 6.45) is 4.48. The number of nitrogens with one attached hydrogen (secondary N) is 1. The smallest absolute Gasteiger partial charge is 0.224 e. The number of anilines is 2. The van der Waals surface area contributed by atoms with E-state index >= 15 is 0 Å². The lowest BCUT2D eigenvalue weighted by Crippen LogP contribution is -2.38. The largest absolute Gasteiger partial charge is 0.356 e. The highest BCUT2D eigenvalue weighted by atomic mass is 35.5. The van der Waals surface area contributed by atoms with E-state index < -0.39 is 6.04 Å². The Bertz CT molecular complexity index is 1060. The van der Waals surface area contributed by atoms with Crippen LogP contribution >= 0.6 is 11.6 Å². The van der Waals surface area contributed by atoms with Gasteiger partial charge in [0.2, 0.25) is 5.91 Å². The van der Waals surface area contributed by atoms with Crippen molar-refractivity contribution in [1.82, 2.24) is 4.98 Å². The van der Waals surface area contributed by atoms with Crippen molar-refractivity contribution in [2.24, 2.45) is 5.41 Å². The fourth-order valence-corrected chi connectivity index (χ4v) is 4.73. The normalized spacial score (nSPS) is 20.5. The lowest BCUT2D eigenvalue weighted by atomic mass is 9.73. The number of nitrogens with zero attached hydrogens (tertiary/aromatic N) is 2. The first kappa shape index (κ1) is 19.6. The third-order valence-electron chi connectivity index (χ3n) is 5.58. The van der Waals surface area contributed by atoms with Crippen LogP contribution in [0.1, 0.15) is 50.8 Å². The van der Waals surface area contributed by atoms with Crippen LogP contribution in [0, 0.1) is 12.3 Å². The molecule has 1 amide bonds. The zero-order valence-corrected chi connectivity index (χ0v) is 17.8. The molecule has 0 fully saturated rings. The SMILES string of the molecule is CC(=O)N1c2ccncc2NC2=C(C(=O)CC(C)(C)C2)[C@@H]1c1ccc(C)cc1Cl. The van der Waals surface area contributed by atoms with Crippen molar-refractivity contribution < 1.29 is 9.59 Å². The zero-order valence-electron chi connectivity index (χ0n) is 17.0. The first-order valence-electron chi connectivity index (χ1n) is 9.71. The number of benzene rings is 1. The van der Waals surface area contributed by atoms with Crippen LogP contribution in [0.2, 0.25) is 5.02 Å². The molecule has 1 aromatic carbocycles. The van der Waals surface area contributed by atoms with Gasteiger partial charge in [-0.3, -0.25) is 19.5 Å². The van der Waals surface area contributed by atoms with Crippen LogP contribution in [0.15, 0.2) is 47.9 Å². The van der Waals surface area contributed by atoms with Crippen LogP contribution in [0.25, 0.3) is 0 Å². The topological polar surface area (TPSA) is 62.3 Å². The molecular formula is C23H24ClN3O2. The van der Waals surface area contributed by atoms with Gasteiger partial charge in [-0.25, -0.2) is 0 Å². The third kappa shape index (κ3) is 3.44. The number of amides is 1. The Hall–Kier alpha value is -2.66. The van der Waals surface area contributed by atoms with Gasteiger partial charge in [-0.2, -0.15) is 0 Å². The number of rotatable bonds is 1. The predicted octanol–water partition coefficient (Wildman–Crippen LogP) is 5.21. The average molecular weight is 410 g/mol. The quantitative estimate of drug-likeness (QED) is 0.702. The minimum absolute atomic E-state index is 0.0393. The van der Waals surface area contributed by atoms with Crippen LogP contribution in [-0.4, -0.2) is 16.7 Å². The highest BCUT2D eigenvalue weighted by molar-refractivity contribution is 6.31. The molecule has 1 N–H and O–H groups in total. The third-order valence-corrected chi connectivity index (χ3v) is 5.91. The summed E-state index contributed by atoms with van der Waals surface area (Å²) in [6, 6.07) is 6.96. The molecule has 0 unspecified atom stereocenters. The molecule has 2 aliphatic rings. The number of carbonyl (C=O) groups excluding carboxylic acids is 2. The van der Waals surface area contributed by atoms with Crippen molar-refractivity contribution in [3.63, 3.8) is 0 Å². The Morgan fingerprint density at radius 2 is 2.03 bits per heavy atom. The molecule has 0 radical (unpaired) electrons. The second kappa shape index (κ2) is 6.99. The first-order chi connectivity index (χ1) is 13.7. The van der Waals surface area contributed by atoms with E-state index in [4.69, 9.17) is 11.6 Å². The van der Waals surface area contributed by atoms with E-state index in [2.05, 4.69) is 24.1 Å². The molecular weight excluding hydrogens is 386 g/mol. The molecule has 1 aliphatic carbocycles. The number of Topliss-reactive ketones (excluding diaryl/α,β-unsaturated/α-hetero) is 1. The monoisotopic (exact) mass is 409 g/mol. The molecule has 5 nitrogen and oxygen atoms in total. The number of hydrogen-bond acceptors (Lipinski definition) is 4. The van der Waals surface area contributed by atoms with E-state index in [9.17, 15) is 9.59 Å². The number of aromatic nitrogens is 1. The number of pyridine rings is 1. The maximum atomic E-state index is 13.4. The van der Waals surface area contributed by atoms with Gasteiger partial charge in [0, 0.05) is 35.8 Å². The van der Waals surface area contributed by atoms with E-state index in [0.717, 1.165) is 16.8 Å². The predicted molar refractivity (Wildman–Crippen MR) is 115 cm³/mol. The number of carbonyl (C=O) groups is 2. The minimum Gasteiger partial charge on any atom is -0.356 e. The van der Waals surface area contributed by atoms with Crippen molar-refractivity contribution >= 4 is 34.7 Å². The fourth-order valence-electron chi connectivity index (χ4n) is 4.39. The molecule has 0 spiro atoms. The maximum absolute atomic E-state index is 13.4. The van der Waals surface area contributed by atoms with E-state index in [-0.39, 0.29) is 17.1 Å². The van der Waals surface area contributed by atoms with Gasteiger partial charge in [-0.1, -0.05) is 37.6 Å². The van der Waals surface area contributed by atoms with E-state index in [0.29, 0.717) is 34.8 Å². The number of allylic oxidation sites excluding steroid dienone is 1. The van der Waals surface area contributed by atoms with Gasteiger partial charge >= 0.3 is 0 Å². The van der Waals surface area contributed by atoms with Crippen molar-refractivity contribution in [2.45, 2.75) is 46.6 Å². The molecule has 2 heterocycles. The van der Waals surface area contributed by atoms with Crippen molar-refractivity contribution in [3.05, 3.63) is 64.1 Å². The van der Waals surface area contributed by atoms with Crippen LogP contribution in [0.4, 0.5) is 11.4 Å². The minimum atomic E-state index is -0.588. The molecule has 6 heteroatoms. The summed E-state index contributed by atoms with van der Waals surface area (Å²) in [6.45, 7) is 7.65. The number of ketones is 1. The van der Waals surface area contributed by atoms with Gasteiger partial charge in [0.25, 0.3) is 0 Å². The van der Waals surface area contributed by atoms with Crippen molar-refractivity contribution in [2.75, 3.05) is 10.2 Å². The summed E-state index contributed by atoms with van der Waals surface area (Å²) in [5, 5.41) is 3.97. The zero-order chi connectivity index (χ0) is 20.9. The lowest BCUT2D eigenvalue weighted by Gasteiger charge is -2.37. The highest BCUT2D eigenvalue weighted by Crippen LogP contribution is 2.49. The standard InChI is InChI=1S/C23H24ClN3O2/c1-13-5-6-15(16(24)9-13)22-21-17(10-23(3,4)11-20(21)29)26-18-12-25-8-7-19(18)27(22)14(2)28/h5-9,12,22,26H,10-11H2,1-4H3/t22-/m0/s1. The molecule has 29 heavy (non-hydrogen) atoms. The van der Waals surface area contributed by atoms with Crippen LogP contribution < -0.4 is 10.2 Å². The van der Waals surface area contributed by atoms with Crippen molar-refractivity contribution in [1.29, 1.82) is 0 Å². The van der Waals surface area contributed by atoms with E-state index in [1.165, 1.54) is 6.92 Å². The van der Waals surface area contributed by atoms with Gasteiger partial charge in [0.05, 0.1) is 23.6 Å². The van der Waals surface area contributed by atoms with Crippen LogP contribution in [-0.2, 0) is 9.59 Å². The molecule has 0 saturated heterocycles. The van der Waals surface area contributed by atoms with Crippen LogP contribution in [0.3, 0.4) is 0 Å². The Morgan fingerprint density at radius 1 is 1.28 bits per heavy atom. The molecule has 0 bridgehead atoms. The average Bonchev–Trinajstić information content (AvgIpc) is 2.74. The fraction of sp³-hybridized carbons (Fsp3) is 0.348. The Morgan fingerprint density at radius 3 is 2.72 bits per heavy atom. The summed E-state index contributed by atoms with van der Waals surface area (Å²) >= 11 is 6.64. The maximum Gasteiger partial charge on any atom is 0.224 e.